The van der Waals surface area contributed by atoms with Gasteiger partial charge in [0.2, 0.25) is 5.75 Å². The Morgan fingerprint density at radius 3 is 2.24 bits per heavy atom. The number of amides is 2. The fraction of sp³-hybridized carbons (Fsp3) is 0.273. The lowest BCUT2D eigenvalue weighted by Gasteiger charge is -2.29. The molecule has 1 heterocycles. The number of aromatic hydroxyl groups is 1. The number of carbonyl (C=O) groups is 2. The van der Waals surface area contributed by atoms with Crippen molar-refractivity contribution in [1.82, 2.24) is 10.6 Å². The first-order chi connectivity index (χ1) is 15.7. The van der Waals surface area contributed by atoms with Crippen molar-refractivity contribution in [1.29, 1.82) is 0 Å². The molecule has 0 saturated heterocycles. The van der Waals surface area contributed by atoms with Crippen molar-refractivity contribution >= 4 is 21.8 Å². The first-order valence-electron chi connectivity index (χ1n) is 9.92. The normalized spacial score (nSPS) is 16.0. The predicted octanol–water partition coefficient (Wildman–Crippen LogP) is 2.05. The Bertz CT molecular complexity index is 1170. The maximum absolute atomic E-state index is 13.0. The number of esters is 1. The molecule has 176 valence electrons. The van der Waals surface area contributed by atoms with E-state index in [2.05, 4.69) is 10.6 Å². The zero-order chi connectivity index (χ0) is 24.2. The number of urea groups is 1. The standard InChI is InChI=1S/C22H24N2O8S/c1-4-32-21(26)18-15(12-33(28,29)14-8-6-5-7-9-14)23-22(27)24-19(18)13-10-16(30-2)20(25)17(11-13)31-3/h5-11,19,25H,4,12H2,1-3H3,(H2,23,24,27)/t19-/m1/s1. The molecule has 1 aliphatic rings. The van der Waals surface area contributed by atoms with E-state index in [0.29, 0.717) is 5.56 Å². The number of methoxy groups -OCH3 is 2. The predicted molar refractivity (Wildman–Crippen MR) is 118 cm³/mol. The average molecular weight is 477 g/mol. The molecule has 0 radical (unpaired) electrons. The zero-order valence-electron chi connectivity index (χ0n) is 18.2. The molecular formula is C22H24N2O8S. The van der Waals surface area contributed by atoms with Gasteiger partial charge in [0.05, 0.1) is 43.1 Å². The van der Waals surface area contributed by atoms with Crippen molar-refractivity contribution in [2.45, 2.75) is 17.9 Å². The molecule has 0 aliphatic carbocycles. The Labute approximate surface area is 191 Å². The highest BCUT2D eigenvalue weighted by Crippen LogP contribution is 2.41. The Hall–Kier alpha value is -3.73. The largest absolute Gasteiger partial charge is 0.502 e. The summed E-state index contributed by atoms with van der Waals surface area (Å²) < 4.78 is 41.5. The lowest BCUT2D eigenvalue weighted by atomic mass is 9.95. The van der Waals surface area contributed by atoms with Gasteiger partial charge in [0, 0.05) is 5.70 Å². The number of nitrogens with one attached hydrogen (secondary N) is 2. The van der Waals surface area contributed by atoms with Crippen LogP contribution in [0.25, 0.3) is 0 Å². The van der Waals surface area contributed by atoms with Gasteiger partial charge in [-0.15, -0.1) is 0 Å². The van der Waals surface area contributed by atoms with Crippen LogP contribution in [0.3, 0.4) is 0 Å². The van der Waals surface area contributed by atoms with Crippen LogP contribution in [0, 0.1) is 0 Å². The van der Waals surface area contributed by atoms with E-state index < -0.39 is 33.6 Å². The Balaban J connectivity index is 2.17. The van der Waals surface area contributed by atoms with Crippen molar-refractivity contribution < 1.29 is 37.3 Å². The van der Waals surface area contributed by atoms with Gasteiger partial charge in [0.15, 0.2) is 21.3 Å². The molecule has 0 saturated carbocycles. The number of hydrogen-bond donors (Lipinski definition) is 3. The Morgan fingerprint density at radius 2 is 1.70 bits per heavy atom. The molecule has 3 N–H and O–H groups in total. The van der Waals surface area contributed by atoms with Crippen molar-refractivity contribution in [2.24, 2.45) is 0 Å². The molecule has 0 bridgehead atoms. The number of phenols is 1. The topological polar surface area (TPSA) is 140 Å². The van der Waals surface area contributed by atoms with Gasteiger partial charge in [0.1, 0.15) is 0 Å². The van der Waals surface area contributed by atoms with Crippen LogP contribution >= 0.6 is 0 Å². The smallest absolute Gasteiger partial charge is 0.338 e. The lowest BCUT2D eigenvalue weighted by Crippen LogP contribution is -2.47. The number of carbonyl (C=O) groups excluding carboxylic acids is 2. The van der Waals surface area contributed by atoms with Gasteiger partial charge >= 0.3 is 12.0 Å². The second-order valence-electron chi connectivity index (χ2n) is 6.99. The number of phenolic OH excluding ortho intramolecular Hbond substituents is 1. The van der Waals surface area contributed by atoms with Gasteiger partial charge < -0.3 is 30.0 Å². The quantitative estimate of drug-likeness (QED) is 0.492. The summed E-state index contributed by atoms with van der Waals surface area (Å²) in [7, 11) is -1.24. The Morgan fingerprint density at radius 1 is 1.09 bits per heavy atom. The van der Waals surface area contributed by atoms with E-state index in [9.17, 15) is 23.1 Å². The maximum Gasteiger partial charge on any atom is 0.338 e. The minimum atomic E-state index is -3.90. The summed E-state index contributed by atoms with van der Waals surface area (Å²) >= 11 is 0. The summed E-state index contributed by atoms with van der Waals surface area (Å²) in [4.78, 5) is 25.4. The van der Waals surface area contributed by atoms with Gasteiger partial charge in [-0.2, -0.15) is 0 Å². The van der Waals surface area contributed by atoms with Gasteiger partial charge in [-0.3, -0.25) is 0 Å². The fourth-order valence-electron chi connectivity index (χ4n) is 3.41. The molecule has 11 heteroatoms. The minimum Gasteiger partial charge on any atom is -0.502 e. The molecule has 33 heavy (non-hydrogen) atoms. The third-order valence-corrected chi connectivity index (χ3v) is 6.58. The zero-order valence-corrected chi connectivity index (χ0v) is 19.1. The van der Waals surface area contributed by atoms with Crippen molar-refractivity contribution in [3.05, 3.63) is 59.3 Å². The summed E-state index contributed by atoms with van der Waals surface area (Å²) in [6, 6.07) is 8.70. The summed E-state index contributed by atoms with van der Waals surface area (Å²) in [5.41, 5.74) is 0.108. The fourth-order valence-corrected chi connectivity index (χ4v) is 4.76. The third-order valence-electron chi connectivity index (χ3n) is 4.92. The van der Waals surface area contributed by atoms with Crippen molar-refractivity contribution in [3.8, 4) is 17.2 Å². The van der Waals surface area contributed by atoms with E-state index in [0.717, 1.165) is 0 Å². The van der Waals surface area contributed by atoms with Crippen LogP contribution in [0.2, 0.25) is 0 Å². The van der Waals surface area contributed by atoms with Crippen LogP contribution in [0.15, 0.2) is 58.6 Å². The van der Waals surface area contributed by atoms with Crippen LogP contribution in [-0.2, 0) is 19.4 Å². The molecule has 10 nitrogen and oxygen atoms in total. The van der Waals surface area contributed by atoms with Crippen LogP contribution in [0.4, 0.5) is 4.79 Å². The van der Waals surface area contributed by atoms with Gasteiger partial charge in [0.25, 0.3) is 0 Å². The second-order valence-corrected chi connectivity index (χ2v) is 8.98. The van der Waals surface area contributed by atoms with Crippen LogP contribution in [-0.4, -0.2) is 52.1 Å². The molecular weight excluding hydrogens is 452 g/mol. The van der Waals surface area contributed by atoms with Crippen LogP contribution < -0.4 is 20.1 Å². The van der Waals surface area contributed by atoms with Crippen LogP contribution in [0.5, 0.6) is 17.2 Å². The number of benzene rings is 2. The summed E-state index contributed by atoms with van der Waals surface area (Å²) in [5.74, 6) is -1.63. The van der Waals surface area contributed by atoms with E-state index in [1.54, 1.807) is 25.1 Å². The highest BCUT2D eigenvalue weighted by molar-refractivity contribution is 7.91. The minimum absolute atomic E-state index is 0.0317. The average Bonchev–Trinajstić information content (AvgIpc) is 2.79. The Kier molecular flexibility index (Phi) is 7.12. The number of sulfone groups is 1. The van der Waals surface area contributed by atoms with Gasteiger partial charge in [-0.1, -0.05) is 18.2 Å². The van der Waals surface area contributed by atoms with Gasteiger partial charge in [-0.25, -0.2) is 18.0 Å². The molecule has 2 aromatic carbocycles. The molecule has 2 aromatic rings. The third kappa shape index (κ3) is 5.03. The summed E-state index contributed by atoms with van der Waals surface area (Å²) in [5, 5.41) is 15.3. The number of hydrogen-bond acceptors (Lipinski definition) is 8. The first-order valence-corrected chi connectivity index (χ1v) is 11.6. The van der Waals surface area contributed by atoms with Crippen LogP contribution in [0.1, 0.15) is 18.5 Å². The molecule has 0 unspecified atom stereocenters. The molecule has 0 aromatic heterocycles. The summed E-state index contributed by atoms with van der Waals surface area (Å²) in [6.45, 7) is 1.64. The SMILES string of the molecule is CCOC(=O)C1=C(CS(=O)(=O)c2ccccc2)NC(=O)N[C@@H]1c1cc(OC)c(O)c(OC)c1. The highest BCUT2D eigenvalue weighted by atomic mass is 32.2. The lowest BCUT2D eigenvalue weighted by molar-refractivity contribution is -0.139. The molecule has 1 aliphatic heterocycles. The maximum atomic E-state index is 13.0. The van der Waals surface area contributed by atoms with E-state index in [4.69, 9.17) is 14.2 Å². The molecule has 2 amide bonds. The van der Waals surface area contributed by atoms with Crippen molar-refractivity contribution in [2.75, 3.05) is 26.6 Å². The summed E-state index contributed by atoms with van der Waals surface area (Å²) in [6.07, 6.45) is 0. The van der Waals surface area contributed by atoms with Crippen molar-refractivity contribution in [3.63, 3.8) is 0 Å². The second kappa shape index (κ2) is 9.82. The van der Waals surface area contributed by atoms with E-state index in [1.165, 1.54) is 38.5 Å². The molecule has 3 rings (SSSR count). The van der Waals surface area contributed by atoms with Gasteiger partial charge in [-0.05, 0) is 36.8 Å². The monoisotopic (exact) mass is 476 g/mol. The first kappa shape index (κ1) is 23.9. The van der Waals surface area contributed by atoms with E-state index >= 15 is 0 Å². The molecule has 0 spiro atoms. The molecule has 1 atom stereocenters. The van der Waals surface area contributed by atoms with E-state index in [1.807, 2.05) is 0 Å². The van der Waals surface area contributed by atoms with E-state index in [-0.39, 0.29) is 40.0 Å². The highest BCUT2D eigenvalue weighted by Gasteiger charge is 2.36. The number of ether oxygens (including phenoxy) is 3. The molecule has 0 fully saturated rings. The number of rotatable bonds is 8.